The van der Waals surface area contributed by atoms with Gasteiger partial charge in [0.05, 0.1) is 0 Å². The van der Waals surface area contributed by atoms with E-state index in [4.69, 9.17) is 5.73 Å². The lowest BCUT2D eigenvalue weighted by atomic mass is 10.0. The minimum Gasteiger partial charge on any atom is -0.324 e. The fourth-order valence-corrected chi connectivity index (χ4v) is 1.56. The van der Waals surface area contributed by atoms with Crippen molar-refractivity contribution in [2.24, 2.45) is 11.7 Å². The summed E-state index contributed by atoms with van der Waals surface area (Å²) < 4.78 is 0. The number of nitrogens with two attached hydrogens (primary N) is 1. The van der Waals surface area contributed by atoms with E-state index in [-0.39, 0.29) is 6.04 Å². The van der Waals surface area contributed by atoms with Gasteiger partial charge in [0.2, 0.25) is 0 Å². The number of allylic oxidation sites excluding steroid dienone is 3. The molecular formula is C13H23N. The van der Waals surface area contributed by atoms with Crippen molar-refractivity contribution in [2.75, 3.05) is 0 Å². The van der Waals surface area contributed by atoms with Gasteiger partial charge >= 0.3 is 0 Å². The first-order chi connectivity index (χ1) is 6.67. The van der Waals surface area contributed by atoms with Crippen LogP contribution in [0.15, 0.2) is 23.3 Å². The highest BCUT2D eigenvalue weighted by Crippen LogP contribution is 2.32. The van der Waals surface area contributed by atoms with Crippen LogP contribution < -0.4 is 5.73 Å². The number of hydrogen-bond donors (Lipinski definition) is 1. The maximum atomic E-state index is 5.97. The van der Waals surface area contributed by atoms with Gasteiger partial charge in [0, 0.05) is 6.04 Å². The molecule has 1 atom stereocenters. The maximum absolute atomic E-state index is 5.97. The summed E-state index contributed by atoms with van der Waals surface area (Å²) in [5.74, 6) is 0.867. The Morgan fingerprint density at radius 3 is 2.50 bits per heavy atom. The average molecular weight is 193 g/mol. The van der Waals surface area contributed by atoms with Crippen molar-refractivity contribution in [1.29, 1.82) is 0 Å². The molecule has 1 fully saturated rings. The van der Waals surface area contributed by atoms with Crippen LogP contribution in [0.4, 0.5) is 0 Å². The van der Waals surface area contributed by atoms with Crippen LogP contribution in [0.25, 0.3) is 0 Å². The molecule has 1 heteroatoms. The topological polar surface area (TPSA) is 26.0 Å². The van der Waals surface area contributed by atoms with E-state index in [9.17, 15) is 0 Å². The highest BCUT2D eigenvalue weighted by molar-refractivity contribution is 5.26. The molecule has 0 unspecified atom stereocenters. The molecule has 0 bridgehead atoms. The van der Waals surface area contributed by atoms with Crippen molar-refractivity contribution >= 4 is 0 Å². The molecule has 0 spiro atoms. The summed E-state index contributed by atoms with van der Waals surface area (Å²) in [5, 5.41) is 0. The Hall–Kier alpha value is -0.560. The Labute approximate surface area is 88.1 Å². The highest BCUT2D eigenvalue weighted by Gasteiger charge is 2.18. The largest absolute Gasteiger partial charge is 0.324 e. The van der Waals surface area contributed by atoms with Crippen molar-refractivity contribution in [1.82, 2.24) is 0 Å². The van der Waals surface area contributed by atoms with E-state index in [1.165, 1.54) is 24.0 Å². The first-order valence-corrected chi connectivity index (χ1v) is 5.81. The van der Waals surface area contributed by atoms with Crippen LogP contribution in [0.2, 0.25) is 0 Å². The van der Waals surface area contributed by atoms with Gasteiger partial charge in [-0.3, -0.25) is 0 Å². The summed E-state index contributed by atoms with van der Waals surface area (Å²) in [6.45, 7) is 6.50. The van der Waals surface area contributed by atoms with Crippen LogP contribution in [-0.2, 0) is 0 Å². The van der Waals surface area contributed by atoms with Gasteiger partial charge in [-0.05, 0) is 38.5 Å². The minimum absolute atomic E-state index is 0.240. The first kappa shape index (κ1) is 11.5. The van der Waals surface area contributed by atoms with Crippen LogP contribution in [0.1, 0.15) is 46.5 Å². The maximum Gasteiger partial charge on any atom is 0.0251 e. The normalized spacial score (nSPS) is 21.1. The zero-order chi connectivity index (χ0) is 10.6. The Balaban J connectivity index is 2.60. The van der Waals surface area contributed by atoms with E-state index in [0.717, 1.165) is 18.8 Å². The molecule has 0 aliphatic heterocycles. The molecule has 0 aromatic carbocycles. The number of rotatable bonds is 5. The van der Waals surface area contributed by atoms with Gasteiger partial charge in [0.15, 0.2) is 0 Å². The second kappa shape index (κ2) is 5.35. The van der Waals surface area contributed by atoms with Gasteiger partial charge < -0.3 is 5.73 Å². The fraction of sp³-hybridized carbons (Fsp3) is 0.692. The first-order valence-electron chi connectivity index (χ1n) is 5.81. The van der Waals surface area contributed by atoms with Gasteiger partial charge in [0.1, 0.15) is 0 Å². The lowest BCUT2D eigenvalue weighted by molar-refractivity contribution is 0.738. The molecule has 1 aliphatic rings. The van der Waals surface area contributed by atoms with E-state index in [0.29, 0.717) is 0 Å². The van der Waals surface area contributed by atoms with E-state index in [2.05, 4.69) is 32.9 Å². The Morgan fingerprint density at radius 2 is 2.07 bits per heavy atom. The zero-order valence-electron chi connectivity index (χ0n) is 9.72. The van der Waals surface area contributed by atoms with E-state index in [1.807, 2.05) is 0 Å². The minimum atomic E-state index is 0.240. The van der Waals surface area contributed by atoms with Crippen LogP contribution in [-0.4, -0.2) is 6.04 Å². The summed E-state index contributed by atoms with van der Waals surface area (Å²) in [7, 11) is 0. The monoisotopic (exact) mass is 193 g/mol. The third-order valence-corrected chi connectivity index (χ3v) is 2.92. The standard InChI is InChI=1S/C13H23N/c1-4-11(9-12-6-7-12)8-10(3)13(14)5-2/h8-9,12-13H,4-7,14H2,1-3H3/b10-8+,11-9-/t13-/m1/s1. The molecule has 2 N–H and O–H groups in total. The van der Waals surface area contributed by atoms with Gasteiger partial charge in [0.25, 0.3) is 0 Å². The summed E-state index contributed by atoms with van der Waals surface area (Å²) in [5.41, 5.74) is 8.76. The van der Waals surface area contributed by atoms with E-state index >= 15 is 0 Å². The molecule has 80 valence electrons. The fourth-order valence-electron chi connectivity index (χ4n) is 1.56. The lowest BCUT2D eigenvalue weighted by Crippen LogP contribution is -2.19. The summed E-state index contributed by atoms with van der Waals surface area (Å²) in [6, 6.07) is 0.240. The Bertz CT molecular complexity index is 234. The Morgan fingerprint density at radius 1 is 1.43 bits per heavy atom. The summed E-state index contributed by atoms with van der Waals surface area (Å²) in [4.78, 5) is 0. The average Bonchev–Trinajstić information content (AvgIpc) is 2.99. The third kappa shape index (κ3) is 3.67. The smallest absolute Gasteiger partial charge is 0.0251 e. The van der Waals surface area contributed by atoms with E-state index < -0.39 is 0 Å². The Kier molecular flexibility index (Phi) is 4.40. The van der Waals surface area contributed by atoms with E-state index in [1.54, 1.807) is 0 Å². The van der Waals surface area contributed by atoms with Gasteiger partial charge in [-0.25, -0.2) is 0 Å². The van der Waals surface area contributed by atoms with Crippen molar-refractivity contribution in [3.05, 3.63) is 23.3 Å². The molecular weight excluding hydrogens is 170 g/mol. The van der Waals surface area contributed by atoms with Crippen LogP contribution in [0, 0.1) is 5.92 Å². The van der Waals surface area contributed by atoms with Crippen LogP contribution >= 0.6 is 0 Å². The van der Waals surface area contributed by atoms with Crippen LogP contribution in [0.5, 0.6) is 0 Å². The quantitative estimate of drug-likeness (QED) is 0.665. The predicted molar refractivity (Wildman–Crippen MR) is 63.1 cm³/mol. The number of hydrogen-bond acceptors (Lipinski definition) is 1. The molecule has 0 saturated heterocycles. The molecule has 0 radical (unpaired) electrons. The van der Waals surface area contributed by atoms with Gasteiger partial charge in [-0.1, -0.05) is 37.1 Å². The summed E-state index contributed by atoms with van der Waals surface area (Å²) in [6.07, 6.45) is 9.64. The van der Waals surface area contributed by atoms with Crippen molar-refractivity contribution in [2.45, 2.75) is 52.5 Å². The van der Waals surface area contributed by atoms with Crippen molar-refractivity contribution < 1.29 is 0 Å². The highest BCUT2D eigenvalue weighted by atomic mass is 14.6. The second-order valence-corrected chi connectivity index (χ2v) is 4.34. The molecule has 1 rings (SSSR count). The zero-order valence-corrected chi connectivity index (χ0v) is 9.72. The molecule has 1 nitrogen and oxygen atoms in total. The molecule has 0 heterocycles. The van der Waals surface area contributed by atoms with Crippen LogP contribution in [0.3, 0.4) is 0 Å². The second-order valence-electron chi connectivity index (χ2n) is 4.34. The van der Waals surface area contributed by atoms with Crippen molar-refractivity contribution in [3.63, 3.8) is 0 Å². The molecule has 1 saturated carbocycles. The lowest BCUT2D eigenvalue weighted by Gasteiger charge is -2.10. The van der Waals surface area contributed by atoms with Gasteiger partial charge in [-0.15, -0.1) is 0 Å². The molecule has 1 aliphatic carbocycles. The molecule has 0 amide bonds. The SMILES string of the molecule is CCC(=C/C1CC1)/C=C(\C)[C@H](N)CC. The summed E-state index contributed by atoms with van der Waals surface area (Å²) >= 11 is 0. The molecule has 0 aromatic rings. The third-order valence-electron chi connectivity index (χ3n) is 2.92. The van der Waals surface area contributed by atoms with Crippen molar-refractivity contribution in [3.8, 4) is 0 Å². The molecule has 0 aromatic heterocycles. The van der Waals surface area contributed by atoms with Gasteiger partial charge in [-0.2, -0.15) is 0 Å². The predicted octanol–water partition coefficient (Wildman–Crippen LogP) is 3.42. The molecule has 14 heavy (non-hydrogen) atoms.